The molecule has 4 heteroatoms. The summed E-state index contributed by atoms with van der Waals surface area (Å²) in [5.41, 5.74) is 3.58. The Labute approximate surface area is 117 Å². The number of rotatable bonds is 3. The Hall–Kier alpha value is -2.49. The first-order valence-electron chi connectivity index (χ1n) is 6.51. The maximum atomic E-state index is 12.4. The topological polar surface area (TPSA) is 47.8 Å². The van der Waals surface area contributed by atoms with Crippen LogP contribution in [0.25, 0.3) is 11.0 Å². The molecule has 0 spiro atoms. The van der Waals surface area contributed by atoms with Crippen molar-refractivity contribution in [2.75, 3.05) is 0 Å². The van der Waals surface area contributed by atoms with E-state index in [4.69, 9.17) is 0 Å². The molecule has 0 unspecified atom stereocenters. The lowest BCUT2D eigenvalue weighted by Gasteiger charge is -2.04. The van der Waals surface area contributed by atoms with Gasteiger partial charge in [-0.25, -0.2) is 4.98 Å². The Morgan fingerprint density at radius 2 is 2.05 bits per heavy atom. The van der Waals surface area contributed by atoms with Crippen molar-refractivity contribution in [3.63, 3.8) is 0 Å². The van der Waals surface area contributed by atoms with Gasteiger partial charge in [0.05, 0.1) is 17.5 Å². The van der Waals surface area contributed by atoms with E-state index in [9.17, 15) is 4.79 Å². The highest BCUT2D eigenvalue weighted by atomic mass is 16.1. The minimum atomic E-state index is 0.0725. The van der Waals surface area contributed by atoms with Gasteiger partial charge in [-0.15, -0.1) is 0 Å². The maximum Gasteiger partial charge on any atom is 0.170 e. The second-order valence-electron chi connectivity index (χ2n) is 4.87. The molecule has 2 heterocycles. The Balaban J connectivity index is 1.96. The highest BCUT2D eigenvalue weighted by molar-refractivity contribution is 5.98. The number of carbonyl (C=O) groups is 1. The number of aromatic nitrogens is 3. The molecular formula is C16H15N3O. The van der Waals surface area contributed by atoms with Crippen LogP contribution in [0.3, 0.4) is 0 Å². The Bertz CT molecular complexity index is 789. The number of hydrogen-bond acceptors (Lipinski definition) is 3. The summed E-state index contributed by atoms with van der Waals surface area (Å²) < 4.78 is 1.98. The van der Waals surface area contributed by atoms with Crippen LogP contribution in [0.5, 0.6) is 0 Å². The number of imidazole rings is 1. The van der Waals surface area contributed by atoms with Crippen molar-refractivity contribution in [1.29, 1.82) is 0 Å². The zero-order valence-corrected chi connectivity index (χ0v) is 11.5. The molecule has 3 aromatic rings. The molecule has 3 rings (SSSR count). The molecule has 0 saturated heterocycles. The summed E-state index contributed by atoms with van der Waals surface area (Å²) in [4.78, 5) is 20.9. The van der Waals surface area contributed by atoms with Crippen molar-refractivity contribution < 1.29 is 4.79 Å². The first-order valence-corrected chi connectivity index (χ1v) is 6.51. The molecule has 4 nitrogen and oxygen atoms in total. The van der Waals surface area contributed by atoms with Crippen LogP contribution in [0.1, 0.15) is 21.7 Å². The van der Waals surface area contributed by atoms with Crippen LogP contribution in [0.15, 0.2) is 42.7 Å². The number of fused-ring (bicyclic) bond motifs is 1. The average Bonchev–Trinajstić information content (AvgIpc) is 2.76. The SMILES string of the molecule is Cc1cnccc1C(=O)Cc1nc2ccccc2n1C. The minimum absolute atomic E-state index is 0.0725. The third-order valence-electron chi connectivity index (χ3n) is 3.52. The average molecular weight is 265 g/mol. The van der Waals surface area contributed by atoms with E-state index >= 15 is 0 Å². The Morgan fingerprint density at radius 1 is 1.25 bits per heavy atom. The predicted molar refractivity (Wildman–Crippen MR) is 77.7 cm³/mol. The second kappa shape index (κ2) is 4.89. The van der Waals surface area contributed by atoms with Crippen LogP contribution in [-0.4, -0.2) is 20.3 Å². The fourth-order valence-corrected chi connectivity index (χ4v) is 2.38. The summed E-state index contributed by atoms with van der Waals surface area (Å²) in [5.74, 6) is 0.857. The van der Waals surface area contributed by atoms with Gasteiger partial charge in [0, 0.05) is 25.0 Å². The van der Waals surface area contributed by atoms with Gasteiger partial charge in [-0.05, 0) is 30.7 Å². The summed E-state index contributed by atoms with van der Waals surface area (Å²) in [6, 6.07) is 9.66. The number of ketones is 1. The van der Waals surface area contributed by atoms with Gasteiger partial charge in [-0.3, -0.25) is 9.78 Å². The first kappa shape index (κ1) is 12.5. The highest BCUT2D eigenvalue weighted by Crippen LogP contribution is 2.16. The summed E-state index contributed by atoms with van der Waals surface area (Å²) >= 11 is 0. The largest absolute Gasteiger partial charge is 0.331 e. The van der Waals surface area contributed by atoms with Gasteiger partial charge in [-0.1, -0.05) is 12.1 Å². The summed E-state index contributed by atoms with van der Waals surface area (Å²) in [5, 5.41) is 0. The molecule has 0 bridgehead atoms. The number of aryl methyl sites for hydroxylation is 2. The monoisotopic (exact) mass is 265 g/mol. The minimum Gasteiger partial charge on any atom is -0.331 e. The van der Waals surface area contributed by atoms with E-state index in [1.54, 1.807) is 18.5 Å². The van der Waals surface area contributed by atoms with E-state index in [0.29, 0.717) is 12.0 Å². The van der Waals surface area contributed by atoms with Gasteiger partial charge in [0.1, 0.15) is 5.82 Å². The maximum absolute atomic E-state index is 12.4. The van der Waals surface area contributed by atoms with Gasteiger partial charge >= 0.3 is 0 Å². The molecule has 2 aromatic heterocycles. The van der Waals surface area contributed by atoms with Crippen LogP contribution in [0.2, 0.25) is 0 Å². The molecule has 0 aliphatic rings. The van der Waals surface area contributed by atoms with Crippen LogP contribution >= 0.6 is 0 Å². The first-order chi connectivity index (χ1) is 9.66. The van der Waals surface area contributed by atoms with Crippen molar-refractivity contribution in [2.45, 2.75) is 13.3 Å². The Kier molecular flexibility index (Phi) is 3.06. The van der Waals surface area contributed by atoms with Gasteiger partial charge < -0.3 is 4.57 Å². The molecule has 0 saturated carbocycles. The van der Waals surface area contributed by atoms with E-state index in [1.807, 2.05) is 42.8 Å². The van der Waals surface area contributed by atoms with E-state index in [-0.39, 0.29) is 5.78 Å². The van der Waals surface area contributed by atoms with Crippen molar-refractivity contribution in [3.05, 3.63) is 59.7 Å². The molecular weight excluding hydrogens is 250 g/mol. The number of carbonyl (C=O) groups excluding carboxylic acids is 1. The summed E-state index contributed by atoms with van der Waals surface area (Å²) in [6.07, 6.45) is 3.66. The molecule has 0 radical (unpaired) electrons. The summed E-state index contributed by atoms with van der Waals surface area (Å²) in [6.45, 7) is 1.90. The van der Waals surface area contributed by atoms with Gasteiger partial charge in [0.15, 0.2) is 5.78 Å². The van der Waals surface area contributed by atoms with Crippen LogP contribution < -0.4 is 0 Å². The molecule has 0 amide bonds. The van der Waals surface area contributed by atoms with Gasteiger partial charge in [-0.2, -0.15) is 0 Å². The predicted octanol–water partition coefficient (Wildman–Crippen LogP) is 2.70. The van der Waals surface area contributed by atoms with Gasteiger partial charge in [0.25, 0.3) is 0 Å². The number of para-hydroxylation sites is 2. The highest BCUT2D eigenvalue weighted by Gasteiger charge is 2.14. The number of hydrogen-bond donors (Lipinski definition) is 0. The number of pyridine rings is 1. The normalized spacial score (nSPS) is 10.9. The number of benzene rings is 1. The molecule has 0 N–H and O–H groups in total. The smallest absolute Gasteiger partial charge is 0.170 e. The van der Waals surface area contributed by atoms with E-state index < -0.39 is 0 Å². The van der Waals surface area contributed by atoms with Crippen molar-refractivity contribution in [1.82, 2.24) is 14.5 Å². The zero-order valence-electron chi connectivity index (χ0n) is 11.5. The molecule has 100 valence electrons. The molecule has 0 aliphatic heterocycles. The second-order valence-corrected chi connectivity index (χ2v) is 4.87. The molecule has 20 heavy (non-hydrogen) atoms. The molecule has 1 aromatic carbocycles. The van der Waals surface area contributed by atoms with Crippen LogP contribution in [0, 0.1) is 6.92 Å². The molecule has 0 aliphatic carbocycles. The van der Waals surface area contributed by atoms with Crippen LogP contribution in [0.4, 0.5) is 0 Å². The fraction of sp³-hybridized carbons (Fsp3) is 0.188. The zero-order chi connectivity index (χ0) is 14.1. The van der Waals surface area contributed by atoms with E-state index in [0.717, 1.165) is 22.4 Å². The summed E-state index contributed by atoms with van der Waals surface area (Å²) in [7, 11) is 1.94. The van der Waals surface area contributed by atoms with Crippen molar-refractivity contribution in [2.24, 2.45) is 7.05 Å². The lowest BCUT2D eigenvalue weighted by Crippen LogP contribution is -2.09. The number of Topliss-reactive ketones (excluding diaryl/α,β-unsaturated/α-hetero) is 1. The van der Waals surface area contributed by atoms with Gasteiger partial charge in [0.2, 0.25) is 0 Å². The molecule has 0 atom stereocenters. The fourth-order valence-electron chi connectivity index (χ4n) is 2.38. The standard InChI is InChI=1S/C16H15N3O/c1-11-10-17-8-7-12(11)15(20)9-16-18-13-5-3-4-6-14(13)19(16)2/h3-8,10H,9H2,1-2H3. The van der Waals surface area contributed by atoms with Crippen molar-refractivity contribution >= 4 is 16.8 Å². The van der Waals surface area contributed by atoms with Crippen LogP contribution in [-0.2, 0) is 13.5 Å². The van der Waals surface area contributed by atoms with E-state index in [2.05, 4.69) is 9.97 Å². The lowest BCUT2D eigenvalue weighted by atomic mass is 10.1. The van der Waals surface area contributed by atoms with E-state index in [1.165, 1.54) is 0 Å². The third-order valence-corrected chi connectivity index (χ3v) is 3.52. The molecule has 0 fully saturated rings. The Morgan fingerprint density at radius 3 is 2.80 bits per heavy atom. The number of nitrogens with zero attached hydrogens (tertiary/aromatic N) is 3. The third kappa shape index (κ3) is 2.09. The quantitative estimate of drug-likeness (QED) is 0.684. The lowest BCUT2D eigenvalue weighted by molar-refractivity contribution is 0.0989. The van der Waals surface area contributed by atoms with Crippen molar-refractivity contribution in [3.8, 4) is 0 Å².